The Hall–Kier alpha value is -1.49. The minimum atomic E-state index is 0. The minimum absolute atomic E-state index is 0. The Bertz CT molecular complexity index is 698. The van der Waals surface area contributed by atoms with Crippen molar-refractivity contribution < 1.29 is 4.79 Å². The zero-order chi connectivity index (χ0) is 16.4. The van der Waals surface area contributed by atoms with Crippen LogP contribution in [0.3, 0.4) is 0 Å². The Balaban J connectivity index is 0.00000182. The van der Waals surface area contributed by atoms with E-state index in [0.29, 0.717) is 25.6 Å². The molecule has 4 rings (SSSR count). The van der Waals surface area contributed by atoms with Gasteiger partial charge >= 0.3 is 0 Å². The third kappa shape index (κ3) is 4.02. The van der Waals surface area contributed by atoms with Crippen molar-refractivity contribution >= 4 is 30.1 Å². The number of carbonyl (C=O) groups is 1. The highest BCUT2D eigenvalue weighted by Gasteiger charge is 2.25. The Morgan fingerprint density at radius 1 is 1.04 bits per heavy atom. The lowest BCUT2D eigenvalue weighted by Gasteiger charge is -2.27. The summed E-state index contributed by atoms with van der Waals surface area (Å²) in [5.41, 5.74) is 4.99. The lowest BCUT2D eigenvalue weighted by molar-refractivity contribution is -0.132. The molecule has 1 saturated heterocycles. The van der Waals surface area contributed by atoms with Crippen molar-refractivity contribution in [1.82, 2.24) is 10.2 Å². The first-order chi connectivity index (χ1) is 11.8. The van der Waals surface area contributed by atoms with E-state index in [2.05, 4.69) is 53.8 Å². The van der Waals surface area contributed by atoms with E-state index in [-0.39, 0.29) is 18.3 Å². The van der Waals surface area contributed by atoms with Crippen LogP contribution >= 0.6 is 24.2 Å². The monoisotopic (exact) mass is 374 g/mol. The van der Waals surface area contributed by atoms with E-state index in [9.17, 15) is 4.79 Å². The number of hydrogen-bond donors (Lipinski definition) is 1. The quantitative estimate of drug-likeness (QED) is 0.869. The van der Waals surface area contributed by atoms with Gasteiger partial charge in [-0.15, -0.1) is 12.4 Å². The standard InChI is InChI=1S/C20H22N2OS.ClH/c23-20(11-17-14-24-10-9-21-17)22-12-15-5-1-3-7-18(15)19-8-4-2-6-16(19)13-22;/h1-8,17,21H,9-14H2;1H. The number of halogens is 1. The van der Waals surface area contributed by atoms with Gasteiger partial charge in [-0.2, -0.15) is 11.8 Å². The molecule has 0 aliphatic carbocycles. The van der Waals surface area contributed by atoms with E-state index in [1.165, 1.54) is 22.3 Å². The van der Waals surface area contributed by atoms with Gasteiger partial charge in [-0.3, -0.25) is 4.79 Å². The number of fused-ring (bicyclic) bond motifs is 3. The first kappa shape index (κ1) is 18.3. The number of thioether (sulfide) groups is 1. The summed E-state index contributed by atoms with van der Waals surface area (Å²) in [6.45, 7) is 2.40. The molecule has 25 heavy (non-hydrogen) atoms. The normalized spacial score (nSPS) is 19.2. The summed E-state index contributed by atoms with van der Waals surface area (Å²) in [6.07, 6.45) is 0.595. The molecule has 0 spiro atoms. The highest BCUT2D eigenvalue weighted by molar-refractivity contribution is 7.99. The molecule has 0 bridgehead atoms. The Morgan fingerprint density at radius 2 is 1.64 bits per heavy atom. The maximum atomic E-state index is 12.9. The van der Waals surface area contributed by atoms with E-state index >= 15 is 0 Å². The summed E-state index contributed by atoms with van der Waals surface area (Å²) < 4.78 is 0. The lowest BCUT2D eigenvalue weighted by atomic mass is 9.97. The van der Waals surface area contributed by atoms with E-state index < -0.39 is 0 Å². The van der Waals surface area contributed by atoms with Gasteiger partial charge in [0.2, 0.25) is 5.91 Å². The largest absolute Gasteiger partial charge is 0.334 e. The molecule has 1 amide bonds. The van der Waals surface area contributed by atoms with Crippen LogP contribution in [0.5, 0.6) is 0 Å². The molecule has 0 radical (unpaired) electrons. The van der Waals surface area contributed by atoms with Gasteiger partial charge in [-0.25, -0.2) is 0 Å². The first-order valence-corrected chi connectivity index (χ1v) is 9.72. The molecule has 2 aromatic carbocycles. The fourth-order valence-corrected chi connectivity index (χ4v) is 4.53. The van der Waals surface area contributed by atoms with Gasteiger partial charge in [0.1, 0.15) is 0 Å². The summed E-state index contributed by atoms with van der Waals surface area (Å²) in [5.74, 6) is 2.43. The van der Waals surface area contributed by atoms with E-state index in [4.69, 9.17) is 0 Å². The molecule has 132 valence electrons. The lowest BCUT2D eigenvalue weighted by Crippen LogP contribution is -2.42. The van der Waals surface area contributed by atoms with Gasteiger partial charge in [0.25, 0.3) is 0 Å². The van der Waals surface area contributed by atoms with E-state index in [0.717, 1.165) is 18.1 Å². The van der Waals surface area contributed by atoms with Crippen LogP contribution in [-0.4, -0.2) is 34.9 Å². The van der Waals surface area contributed by atoms with Crippen molar-refractivity contribution in [1.29, 1.82) is 0 Å². The highest BCUT2D eigenvalue weighted by Crippen LogP contribution is 2.32. The van der Waals surface area contributed by atoms with Crippen molar-refractivity contribution in [2.45, 2.75) is 25.6 Å². The molecule has 0 saturated carbocycles. The highest BCUT2D eigenvalue weighted by atomic mass is 35.5. The van der Waals surface area contributed by atoms with Crippen LogP contribution in [-0.2, 0) is 17.9 Å². The Labute approximate surface area is 159 Å². The first-order valence-electron chi connectivity index (χ1n) is 8.56. The van der Waals surface area contributed by atoms with Crippen LogP contribution in [0.4, 0.5) is 0 Å². The maximum Gasteiger partial charge on any atom is 0.224 e. The van der Waals surface area contributed by atoms with Gasteiger partial charge in [0.15, 0.2) is 0 Å². The number of carbonyl (C=O) groups excluding carboxylic acids is 1. The second-order valence-corrected chi connectivity index (χ2v) is 7.64. The van der Waals surface area contributed by atoms with Crippen molar-refractivity contribution in [2.24, 2.45) is 0 Å². The molecule has 2 heterocycles. The zero-order valence-electron chi connectivity index (χ0n) is 14.1. The molecule has 0 aromatic heterocycles. The van der Waals surface area contributed by atoms with Crippen LogP contribution in [0.1, 0.15) is 17.5 Å². The average molecular weight is 375 g/mol. The summed E-state index contributed by atoms with van der Waals surface area (Å²) in [7, 11) is 0. The van der Waals surface area contributed by atoms with Gasteiger partial charge in [-0.05, 0) is 22.3 Å². The summed E-state index contributed by atoms with van der Waals surface area (Å²) in [5, 5.41) is 3.47. The molecule has 5 heteroatoms. The van der Waals surface area contributed by atoms with Crippen molar-refractivity contribution in [3.63, 3.8) is 0 Å². The fourth-order valence-electron chi connectivity index (χ4n) is 3.58. The number of rotatable bonds is 2. The molecule has 1 unspecified atom stereocenters. The predicted octanol–water partition coefficient (Wildman–Crippen LogP) is 3.71. The van der Waals surface area contributed by atoms with Gasteiger partial charge in [0, 0.05) is 43.6 Å². The van der Waals surface area contributed by atoms with E-state index in [1.54, 1.807) is 0 Å². The molecule has 2 aromatic rings. The minimum Gasteiger partial charge on any atom is -0.334 e. The maximum absolute atomic E-state index is 12.9. The molecule has 2 aliphatic heterocycles. The average Bonchev–Trinajstić information content (AvgIpc) is 2.79. The molecule has 2 aliphatic rings. The van der Waals surface area contributed by atoms with Crippen LogP contribution in [0.25, 0.3) is 11.1 Å². The smallest absolute Gasteiger partial charge is 0.224 e. The predicted molar refractivity (Wildman–Crippen MR) is 107 cm³/mol. The molecular formula is C20H23ClN2OS. The van der Waals surface area contributed by atoms with Crippen LogP contribution in [0.15, 0.2) is 48.5 Å². The van der Waals surface area contributed by atoms with Gasteiger partial charge in [-0.1, -0.05) is 48.5 Å². The third-order valence-electron chi connectivity index (χ3n) is 4.82. The topological polar surface area (TPSA) is 32.3 Å². The Morgan fingerprint density at radius 3 is 2.20 bits per heavy atom. The van der Waals surface area contributed by atoms with Crippen molar-refractivity contribution in [2.75, 3.05) is 18.1 Å². The summed E-state index contributed by atoms with van der Waals surface area (Å²) in [4.78, 5) is 14.9. The summed E-state index contributed by atoms with van der Waals surface area (Å²) in [6, 6.07) is 17.2. The number of hydrogen-bond acceptors (Lipinski definition) is 3. The molecule has 1 atom stereocenters. The molecule has 1 N–H and O–H groups in total. The Kier molecular flexibility index (Phi) is 6.05. The second-order valence-electron chi connectivity index (χ2n) is 6.49. The summed E-state index contributed by atoms with van der Waals surface area (Å²) >= 11 is 1.94. The molecular weight excluding hydrogens is 352 g/mol. The van der Waals surface area contributed by atoms with Crippen molar-refractivity contribution in [3.8, 4) is 11.1 Å². The zero-order valence-corrected chi connectivity index (χ0v) is 15.7. The van der Waals surface area contributed by atoms with Crippen LogP contribution in [0.2, 0.25) is 0 Å². The fraction of sp³-hybridized carbons (Fsp3) is 0.350. The van der Waals surface area contributed by atoms with Crippen molar-refractivity contribution in [3.05, 3.63) is 59.7 Å². The third-order valence-corrected chi connectivity index (χ3v) is 5.95. The van der Waals surface area contributed by atoms with Crippen LogP contribution < -0.4 is 5.32 Å². The number of benzene rings is 2. The number of amides is 1. The van der Waals surface area contributed by atoms with Crippen LogP contribution in [0, 0.1) is 0 Å². The number of nitrogens with one attached hydrogen (secondary N) is 1. The van der Waals surface area contributed by atoms with Gasteiger partial charge in [0.05, 0.1) is 0 Å². The number of nitrogens with zero attached hydrogens (tertiary/aromatic N) is 1. The SMILES string of the molecule is Cl.O=C(CC1CSCCN1)N1Cc2ccccc2-c2ccccc2C1. The molecule has 1 fully saturated rings. The second kappa shape index (κ2) is 8.26. The van der Waals surface area contributed by atoms with Gasteiger partial charge < -0.3 is 10.2 Å². The molecule has 3 nitrogen and oxygen atoms in total. The van der Waals surface area contributed by atoms with E-state index in [1.807, 2.05) is 16.7 Å².